The Hall–Kier alpha value is -2.19. The molecule has 2 amide bonds. The van der Waals surface area contributed by atoms with Gasteiger partial charge in [0.15, 0.2) is 0 Å². The number of amides is 2. The molecule has 2 aliphatic rings. The van der Waals surface area contributed by atoms with Crippen molar-refractivity contribution in [3.05, 3.63) is 42.5 Å². The molecule has 1 aromatic rings. The van der Waals surface area contributed by atoms with Crippen molar-refractivity contribution < 1.29 is 18.0 Å². The van der Waals surface area contributed by atoms with Crippen molar-refractivity contribution in [3.8, 4) is 0 Å². The Morgan fingerprint density at radius 2 is 1.88 bits per heavy atom. The van der Waals surface area contributed by atoms with Crippen LogP contribution in [0, 0.1) is 18.3 Å². The standard InChI is InChI=1S/C25H37N3O4S/c1-7-8-20-15-24(16-25(20,26-19(3)29)22(30)27-23(4,5)6)13-14-28(17-24)33(31,32)21-11-9-18(2)10-12-21/h7,9-12,20H,1,8,13-17H2,2-6H3,(H,26,29)(H,27,30)/t20-,24?,25+/m0/s1. The molecule has 1 aromatic carbocycles. The Bertz CT molecular complexity index is 1030. The molecule has 2 N–H and O–H groups in total. The molecule has 1 spiro atoms. The predicted molar refractivity (Wildman–Crippen MR) is 129 cm³/mol. The molecule has 1 aliphatic carbocycles. The van der Waals surface area contributed by atoms with Crippen molar-refractivity contribution in [1.82, 2.24) is 14.9 Å². The maximum absolute atomic E-state index is 13.6. The first kappa shape index (κ1) is 25.4. The number of hydrogen-bond donors (Lipinski definition) is 2. The van der Waals surface area contributed by atoms with Crippen molar-refractivity contribution in [2.75, 3.05) is 13.1 Å². The fourth-order valence-corrected chi connectivity index (χ4v) is 7.05. The third-order valence-electron chi connectivity index (χ3n) is 6.84. The smallest absolute Gasteiger partial charge is 0.246 e. The van der Waals surface area contributed by atoms with Crippen LogP contribution in [0.2, 0.25) is 0 Å². The fraction of sp³-hybridized carbons (Fsp3) is 0.600. The van der Waals surface area contributed by atoms with Gasteiger partial charge in [0.05, 0.1) is 4.90 Å². The van der Waals surface area contributed by atoms with Crippen LogP contribution in [0.15, 0.2) is 41.8 Å². The Balaban J connectivity index is 1.94. The molecule has 1 unspecified atom stereocenters. The monoisotopic (exact) mass is 475 g/mol. The number of carbonyl (C=O) groups is 2. The largest absolute Gasteiger partial charge is 0.349 e. The third-order valence-corrected chi connectivity index (χ3v) is 8.70. The summed E-state index contributed by atoms with van der Waals surface area (Å²) in [5.41, 5.74) is -0.951. The van der Waals surface area contributed by atoms with Crippen molar-refractivity contribution in [2.24, 2.45) is 11.3 Å². The Morgan fingerprint density at radius 1 is 1.24 bits per heavy atom. The summed E-state index contributed by atoms with van der Waals surface area (Å²) in [5, 5.41) is 6.04. The van der Waals surface area contributed by atoms with Gasteiger partial charge in [-0.1, -0.05) is 23.8 Å². The number of benzene rings is 1. The van der Waals surface area contributed by atoms with E-state index in [2.05, 4.69) is 17.2 Å². The van der Waals surface area contributed by atoms with Gasteiger partial charge in [-0.3, -0.25) is 9.59 Å². The van der Waals surface area contributed by atoms with Gasteiger partial charge in [-0.25, -0.2) is 8.42 Å². The molecular weight excluding hydrogens is 438 g/mol. The van der Waals surface area contributed by atoms with Crippen LogP contribution in [0.1, 0.15) is 58.9 Å². The minimum Gasteiger partial charge on any atom is -0.349 e. The summed E-state index contributed by atoms with van der Waals surface area (Å²) in [6, 6.07) is 6.88. The maximum Gasteiger partial charge on any atom is 0.246 e. The lowest BCUT2D eigenvalue weighted by atomic mass is 9.81. The van der Waals surface area contributed by atoms with E-state index >= 15 is 0 Å². The first-order chi connectivity index (χ1) is 15.2. The van der Waals surface area contributed by atoms with Crippen molar-refractivity contribution in [1.29, 1.82) is 0 Å². The zero-order valence-corrected chi connectivity index (χ0v) is 21.2. The van der Waals surface area contributed by atoms with E-state index in [1.165, 1.54) is 11.2 Å². The average molecular weight is 476 g/mol. The second kappa shape index (κ2) is 8.87. The topological polar surface area (TPSA) is 95.6 Å². The molecule has 2 fully saturated rings. The Morgan fingerprint density at radius 3 is 2.42 bits per heavy atom. The van der Waals surface area contributed by atoms with Crippen LogP contribution < -0.4 is 10.6 Å². The molecular formula is C25H37N3O4S. The van der Waals surface area contributed by atoms with Crippen LogP contribution in [0.5, 0.6) is 0 Å². The second-order valence-electron chi connectivity index (χ2n) is 10.9. The first-order valence-corrected chi connectivity index (χ1v) is 13.0. The predicted octanol–water partition coefficient (Wildman–Crippen LogP) is 3.15. The van der Waals surface area contributed by atoms with Crippen LogP contribution >= 0.6 is 0 Å². The highest BCUT2D eigenvalue weighted by Gasteiger charge is 2.61. The molecule has 1 saturated heterocycles. The summed E-state index contributed by atoms with van der Waals surface area (Å²) >= 11 is 0. The minimum atomic E-state index is -3.63. The SMILES string of the molecule is C=CC[C@H]1CC2(CCN(S(=O)(=O)c3ccc(C)cc3)C2)C[C@]1(NC(C)=O)C(=O)NC(C)(C)C. The van der Waals surface area contributed by atoms with Gasteiger partial charge >= 0.3 is 0 Å². The van der Waals surface area contributed by atoms with E-state index in [9.17, 15) is 18.0 Å². The van der Waals surface area contributed by atoms with Crippen molar-refractivity contribution >= 4 is 21.8 Å². The number of hydrogen-bond acceptors (Lipinski definition) is 4. The lowest BCUT2D eigenvalue weighted by Crippen LogP contribution is -2.63. The molecule has 1 saturated carbocycles. The molecule has 0 radical (unpaired) electrons. The third kappa shape index (κ3) is 5.17. The summed E-state index contributed by atoms with van der Waals surface area (Å²) in [4.78, 5) is 26.1. The van der Waals surface area contributed by atoms with Gasteiger partial charge in [0.1, 0.15) is 5.54 Å². The van der Waals surface area contributed by atoms with E-state index in [4.69, 9.17) is 0 Å². The molecule has 1 aliphatic heterocycles. The maximum atomic E-state index is 13.6. The zero-order valence-electron chi connectivity index (χ0n) is 20.4. The van der Waals surface area contributed by atoms with Crippen LogP contribution in [0.3, 0.4) is 0 Å². The molecule has 0 bridgehead atoms. The number of nitrogens with one attached hydrogen (secondary N) is 2. The van der Waals surface area contributed by atoms with Crippen molar-refractivity contribution in [3.63, 3.8) is 0 Å². The van der Waals surface area contributed by atoms with E-state index in [0.717, 1.165) is 5.56 Å². The molecule has 0 aromatic heterocycles. The van der Waals surface area contributed by atoms with E-state index in [1.54, 1.807) is 30.3 Å². The van der Waals surface area contributed by atoms with Crippen LogP contribution in [0.25, 0.3) is 0 Å². The molecule has 182 valence electrons. The Kier molecular flexibility index (Phi) is 6.84. The quantitative estimate of drug-likeness (QED) is 0.618. The fourth-order valence-electron chi connectivity index (χ4n) is 5.50. The molecule has 1 heterocycles. The van der Waals surface area contributed by atoms with E-state index in [1.807, 2.05) is 27.7 Å². The highest BCUT2D eigenvalue weighted by molar-refractivity contribution is 7.89. The number of rotatable bonds is 6. The van der Waals surface area contributed by atoms with E-state index < -0.39 is 21.1 Å². The Labute approximate surface area is 198 Å². The molecule has 8 heteroatoms. The number of sulfonamides is 1. The molecule has 3 rings (SSSR count). The first-order valence-electron chi connectivity index (χ1n) is 11.5. The van der Waals surface area contributed by atoms with Gasteiger partial charge in [-0.05, 0) is 76.8 Å². The number of aryl methyl sites for hydroxylation is 1. The summed E-state index contributed by atoms with van der Waals surface area (Å²) in [6.07, 6.45) is 4.04. The lowest BCUT2D eigenvalue weighted by molar-refractivity contribution is -0.135. The highest BCUT2D eigenvalue weighted by Crippen LogP contribution is 2.55. The summed E-state index contributed by atoms with van der Waals surface area (Å²) in [5.74, 6) is -0.649. The number of allylic oxidation sites excluding steroid dienone is 1. The van der Waals surface area contributed by atoms with Gasteiger partial charge in [-0.2, -0.15) is 4.31 Å². The van der Waals surface area contributed by atoms with E-state index in [-0.39, 0.29) is 28.0 Å². The second-order valence-corrected chi connectivity index (χ2v) is 12.8. The van der Waals surface area contributed by atoms with Gasteiger partial charge in [-0.15, -0.1) is 6.58 Å². The lowest BCUT2D eigenvalue weighted by Gasteiger charge is -2.37. The molecule has 33 heavy (non-hydrogen) atoms. The summed E-state index contributed by atoms with van der Waals surface area (Å²) in [7, 11) is -3.63. The van der Waals surface area contributed by atoms with Crippen LogP contribution in [0.4, 0.5) is 0 Å². The average Bonchev–Trinajstić information content (AvgIpc) is 3.23. The van der Waals surface area contributed by atoms with Crippen LogP contribution in [-0.2, 0) is 19.6 Å². The minimum absolute atomic E-state index is 0.164. The summed E-state index contributed by atoms with van der Waals surface area (Å²) < 4.78 is 28.2. The normalized spacial score (nSPS) is 28.1. The summed E-state index contributed by atoms with van der Waals surface area (Å²) in [6.45, 7) is 13.7. The number of nitrogens with zero attached hydrogens (tertiary/aromatic N) is 1. The highest BCUT2D eigenvalue weighted by atomic mass is 32.2. The van der Waals surface area contributed by atoms with Gasteiger partial charge in [0, 0.05) is 25.6 Å². The van der Waals surface area contributed by atoms with Crippen LogP contribution in [-0.4, -0.2) is 48.7 Å². The van der Waals surface area contributed by atoms with Crippen molar-refractivity contribution in [2.45, 2.75) is 76.3 Å². The van der Waals surface area contributed by atoms with E-state index in [0.29, 0.717) is 38.8 Å². The van der Waals surface area contributed by atoms with Gasteiger partial charge < -0.3 is 10.6 Å². The zero-order chi connectivity index (χ0) is 24.7. The molecule has 3 atom stereocenters. The number of carbonyl (C=O) groups excluding carboxylic acids is 2. The molecule has 7 nitrogen and oxygen atoms in total. The van der Waals surface area contributed by atoms with Gasteiger partial charge in [0.2, 0.25) is 21.8 Å². The van der Waals surface area contributed by atoms with Gasteiger partial charge in [0.25, 0.3) is 0 Å².